The van der Waals surface area contributed by atoms with Gasteiger partial charge in [-0.15, -0.1) is 0 Å². The highest BCUT2D eigenvalue weighted by Gasteiger charge is 2.06. The van der Waals surface area contributed by atoms with Gasteiger partial charge in [-0.2, -0.15) is 0 Å². The number of halogens is 1. The van der Waals surface area contributed by atoms with Gasteiger partial charge in [-0.05, 0) is 71.5 Å². The third kappa shape index (κ3) is 3.98. The van der Waals surface area contributed by atoms with E-state index >= 15 is 0 Å². The Morgan fingerprint density at radius 1 is 1.13 bits per heavy atom. The van der Waals surface area contributed by atoms with E-state index in [0.29, 0.717) is 5.56 Å². The van der Waals surface area contributed by atoms with Gasteiger partial charge in [0.15, 0.2) is 0 Å². The van der Waals surface area contributed by atoms with Crippen molar-refractivity contribution < 1.29 is 4.79 Å². The number of nitrogens with one attached hydrogen (secondary N) is 1. The summed E-state index contributed by atoms with van der Waals surface area (Å²) in [7, 11) is 0. The van der Waals surface area contributed by atoms with Crippen LogP contribution in [-0.4, -0.2) is 15.5 Å². The van der Waals surface area contributed by atoms with Crippen LogP contribution < -0.4 is 5.32 Å². The fourth-order valence-corrected chi connectivity index (χ4v) is 2.63. The minimum absolute atomic E-state index is 0.0976. The van der Waals surface area contributed by atoms with Crippen molar-refractivity contribution in [3.05, 3.63) is 81.4 Å². The van der Waals surface area contributed by atoms with E-state index in [2.05, 4.69) is 37.5 Å². The first kappa shape index (κ1) is 15.7. The Kier molecular flexibility index (Phi) is 4.76. The lowest BCUT2D eigenvalue weighted by atomic mass is 10.2. The fraction of sp³-hybridized carbons (Fsp3) is 0.111. The lowest BCUT2D eigenvalue weighted by Crippen LogP contribution is -2.11. The average molecular weight is 417 g/mol. The van der Waals surface area contributed by atoms with Crippen LogP contribution in [-0.2, 0) is 6.54 Å². The van der Waals surface area contributed by atoms with E-state index < -0.39 is 0 Å². The zero-order chi connectivity index (χ0) is 16.2. The van der Waals surface area contributed by atoms with Gasteiger partial charge in [0, 0.05) is 33.8 Å². The molecule has 1 amide bonds. The first-order valence-corrected chi connectivity index (χ1v) is 8.33. The summed E-state index contributed by atoms with van der Waals surface area (Å²) in [5, 5.41) is 2.91. The zero-order valence-electron chi connectivity index (χ0n) is 12.7. The number of carbonyl (C=O) groups is 1. The number of aryl methyl sites for hydroxylation is 1. The number of aromatic nitrogens is 2. The molecule has 0 spiro atoms. The van der Waals surface area contributed by atoms with Crippen molar-refractivity contribution in [3.63, 3.8) is 0 Å². The number of hydrogen-bond acceptors (Lipinski definition) is 2. The molecule has 0 unspecified atom stereocenters. The summed E-state index contributed by atoms with van der Waals surface area (Å²) in [5.41, 5.74) is 2.61. The lowest BCUT2D eigenvalue weighted by Gasteiger charge is -2.08. The van der Waals surface area contributed by atoms with Crippen LogP contribution in [0, 0.1) is 10.5 Å². The molecule has 1 N–H and O–H groups in total. The van der Waals surface area contributed by atoms with Gasteiger partial charge in [-0.3, -0.25) is 4.79 Å². The molecular weight excluding hydrogens is 401 g/mol. The number of imidazole rings is 1. The molecule has 0 aliphatic heterocycles. The number of amides is 1. The molecule has 0 saturated carbocycles. The van der Waals surface area contributed by atoms with Crippen LogP contribution in [0.1, 0.15) is 21.7 Å². The van der Waals surface area contributed by atoms with Crippen LogP contribution in [0.3, 0.4) is 0 Å². The Hall–Kier alpha value is -2.15. The standard InChI is InChI=1S/C18H16IN3O/c1-13-20-10-11-22(13)12-14-2-8-17(9-3-14)21-18(23)15-4-6-16(19)7-5-15/h2-11H,12H2,1H3,(H,21,23). The summed E-state index contributed by atoms with van der Waals surface area (Å²) in [6.45, 7) is 2.76. The van der Waals surface area contributed by atoms with Gasteiger partial charge in [-0.25, -0.2) is 4.98 Å². The smallest absolute Gasteiger partial charge is 0.255 e. The molecular formula is C18H16IN3O. The van der Waals surface area contributed by atoms with Crippen molar-refractivity contribution in [1.29, 1.82) is 0 Å². The van der Waals surface area contributed by atoms with Crippen molar-refractivity contribution in [3.8, 4) is 0 Å². The van der Waals surface area contributed by atoms with Crippen molar-refractivity contribution >= 4 is 34.2 Å². The van der Waals surface area contributed by atoms with Crippen LogP contribution in [0.25, 0.3) is 0 Å². The second-order valence-corrected chi connectivity index (χ2v) is 6.51. The van der Waals surface area contributed by atoms with Crippen molar-refractivity contribution in [2.45, 2.75) is 13.5 Å². The van der Waals surface area contributed by atoms with Gasteiger partial charge in [0.2, 0.25) is 0 Å². The third-order valence-corrected chi connectivity index (χ3v) is 4.31. The molecule has 0 fully saturated rings. The van der Waals surface area contributed by atoms with Gasteiger partial charge in [0.05, 0.1) is 0 Å². The van der Waals surface area contributed by atoms with Gasteiger partial charge in [-0.1, -0.05) is 12.1 Å². The highest BCUT2D eigenvalue weighted by atomic mass is 127. The molecule has 2 aromatic carbocycles. The molecule has 0 aliphatic carbocycles. The van der Waals surface area contributed by atoms with Crippen LogP contribution in [0.15, 0.2) is 60.9 Å². The van der Waals surface area contributed by atoms with E-state index in [1.807, 2.05) is 61.7 Å². The Balaban J connectivity index is 1.66. The minimum atomic E-state index is -0.0976. The quantitative estimate of drug-likeness (QED) is 0.650. The van der Waals surface area contributed by atoms with E-state index in [1.54, 1.807) is 6.20 Å². The maximum atomic E-state index is 12.2. The molecule has 116 valence electrons. The molecule has 1 heterocycles. The molecule has 4 nitrogen and oxygen atoms in total. The Bertz CT molecular complexity index is 807. The average Bonchev–Trinajstić information content (AvgIpc) is 2.95. The number of nitrogens with zero attached hydrogens (tertiary/aromatic N) is 2. The van der Waals surface area contributed by atoms with Gasteiger partial charge >= 0.3 is 0 Å². The number of rotatable bonds is 4. The lowest BCUT2D eigenvalue weighted by molar-refractivity contribution is 0.102. The van der Waals surface area contributed by atoms with Crippen LogP contribution in [0.2, 0.25) is 0 Å². The third-order valence-electron chi connectivity index (χ3n) is 3.59. The first-order chi connectivity index (χ1) is 11.1. The normalized spacial score (nSPS) is 10.5. The van der Waals surface area contributed by atoms with E-state index in [1.165, 1.54) is 5.56 Å². The first-order valence-electron chi connectivity index (χ1n) is 7.25. The second kappa shape index (κ2) is 6.95. The molecule has 5 heteroatoms. The molecule has 0 radical (unpaired) electrons. The SMILES string of the molecule is Cc1nccn1Cc1ccc(NC(=O)c2ccc(I)cc2)cc1. The molecule has 0 aliphatic rings. The summed E-state index contributed by atoms with van der Waals surface area (Å²) >= 11 is 2.22. The summed E-state index contributed by atoms with van der Waals surface area (Å²) in [6.07, 6.45) is 3.76. The molecule has 0 bridgehead atoms. The van der Waals surface area contributed by atoms with Crippen LogP contribution in [0.4, 0.5) is 5.69 Å². The van der Waals surface area contributed by atoms with Crippen molar-refractivity contribution in [2.75, 3.05) is 5.32 Å². The highest BCUT2D eigenvalue weighted by molar-refractivity contribution is 14.1. The molecule has 0 atom stereocenters. The van der Waals surface area contributed by atoms with E-state index in [0.717, 1.165) is 21.6 Å². The fourth-order valence-electron chi connectivity index (χ4n) is 2.27. The number of benzene rings is 2. The number of hydrogen-bond donors (Lipinski definition) is 1. The van der Waals surface area contributed by atoms with E-state index in [-0.39, 0.29) is 5.91 Å². The van der Waals surface area contributed by atoms with E-state index in [4.69, 9.17) is 0 Å². The summed E-state index contributed by atoms with van der Waals surface area (Å²) < 4.78 is 3.19. The molecule has 0 saturated heterocycles. The molecule has 3 aromatic rings. The Morgan fingerprint density at radius 2 is 1.83 bits per heavy atom. The van der Waals surface area contributed by atoms with Crippen molar-refractivity contribution in [2.24, 2.45) is 0 Å². The van der Waals surface area contributed by atoms with Gasteiger partial charge in [0.25, 0.3) is 5.91 Å². The maximum absolute atomic E-state index is 12.2. The molecule has 1 aromatic heterocycles. The second-order valence-electron chi connectivity index (χ2n) is 5.26. The topological polar surface area (TPSA) is 46.9 Å². The summed E-state index contributed by atoms with van der Waals surface area (Å²) in [5.74, 6) is 0.890. The summed E-state index contributed by atoms with van der Waals surface area (Å²) in [6, 6.07) is 15.4. The number of carbonyl (C=O) groups excluding carboxylic acids is 1. The monoisotopic (exact) mass is 417 g/mol. The van der Waals surface area contributed by atoms with Crippen molar-refractivity contribution in [1.82, 2.24) is 9.55 Å². The van der Waals surface area contributed by atoms with E-state index in [9.17, 15) is 4.79 Å². The van der Waals surface area contributed by atoms with Gasteiger partial charge in [0.1, 0.15) is 5.82 Å². The summed E-state index contributed by atoms with van der Waals surface area (Å²) in [4.78, 5) is 16.4. The van der Waals surface area contributed by atoms with Gasteiger partial charge < -0.3 is 9.88 Å². The molecule has 23 heavy (non-hydrogen) atoms. The maximum Gasteiger partial charge on any atom is 0.255 e. The number of anilines is 1. The minimum Gasteiger partial charge on any atom is -0.331 e. The Morgan fingerprint density at radius 3 is 2.43 bits per heavy atom. The zero-order valence-corrected chi connectivity index (χ0v) is 14.8. The van der Waals surface area contributed by atoms with Crippen LogP contribution >= 0.6 is 22.6 Å². The van der Waals surface area contributed by atoms with Crippen LogP contribution in [0.5, 0.6) is 0 Å². The molecule has 3 rings (SSSR count). The largest absolute Gasteiger partial charge is 0.331 e. The Labute approximate surface area is 148 Å². The predicted octanol–water partition coefficient (Wildman–Crippen LogP) is 4.10. The highest BCUT2D eigenvalue weighted by Crippen LogP contribution is 2.14. The predicted molar refractivity (Wildman–Crippen MR) is 99.6 cm³/mol.